The van der Waals surface area contributed by atoms with E-state index in [4.69, 9.17) is 4.74 Å². The van der Waals surface area contributed by atoms with Crippen LogP contribution in [0.4, 0.5) is 0 Å². The van der Waals surface area contributed by atoms with E-state index >= 15 is 0 Å². The van der Waals surface area contributed by atoms with Crippen LogP contribution < -0.4 is 5.32 Å². The first-order valence-corrected chi connectivity index (χ1v) is 5.15. The smallest absolute Gasteiger partial charge is 0.235 e. The molecule has 2 saturated heterocycles. The van der Waals surface area contributed by atoms with Gasteiger partial charge >= 0.3 is 0 Å². The van der Waals surface area contributed by atoms with Gasteiger partial charge in [0.05, 0.1) is 12.0 Å². The third-order valence-electron chi connectivity index (χ3n) is 3.14. The summed E-state index contributed by atoms with van der Waals surface area (Å²) in [5.41, 5.74) is -0.412. The molecule has 1 unspecified atom stereocenters. The maximum atomic E-state index is 11.7. The van der Waals surface area contributed by atoms with Gasteiger partial charge < -0.3 is 4.74 Å². The van der Waals surface area contributed by atoms with E-state index in [0.717, 1.165) is 25.9 Å². The Labute approximate surface area is 83.0 Å². The summed E-state index contributed by atoms with van der Waals surface area (Å²) >= 11 is 0. The zero-order valence-corrected chi connectivity index (χ0v) is 8.17. The molecule has 2 aliphatic heterocycles. The molecule has 0 saturated carbocycles. The third-order valence-corrected chi connectivity index (χ3v) is 3.14. The van der Waals surface area contributed by atoms with Gasteiger partial charge in [-0.25, -0.2) is 0 Å². The average molecular weight is 197 g/mol. The number of amides is 2. The molecule has 2 amide bonds. The van der Waals surface area contributed by atoms with Crippen molar-refractivity contribution < 1.29 is 14.3 Å². The van der Waals surface area contributed by atoms with Crippen molar-refractivity contribution in [1.29, 1.82) is 0 Å². The highest BCUT2D eigenvalue weighted by molar-refractivity contribution is 6.00. The third kappa shape index (κ3) is 1.66. The highest BCUT2D eigenvalue weighted by Gasteiger charge is 2.43. The molecular formula is C10H15NO3. The van der Waals surface area contributed by atoms with E-state index in [2.05, 4.69) is 5.32 Å². The molecule has 4 heteroatoms. The van der Waals surface area contributed by atoms with E-state index in [1.165, 1.54) is 0 Å². The molecule has 0 aliphatic carbocycles. The standard InChI is InChI=1S/C10H15NO3/c12-8-3-5-10(9(13)11-8)4-1-2-6-14-7-10/h1-7H2,(H,11,12,13). The first-order valence-electron chi connectivity index (χ1n) is 5.15. The lowest BCUT2D eigenvalue weighted by Gasteiger charge is -2.33. The fourth-order valence-corrected chi connectivity index (χ4v) is 2.17. The SMILES string of the molecule is O=C1CCC2(CCCCOC2)C(=O)N1. The van der Waals surface area contributed by atoms with E-state index in [0.29, 0.717) is 19.4 Å². The number of ether oxygens (including phenoxy) is 1. The summed E-state index contributed by atoms with van der Waals surface area (Å²) in [4.78, 5) is 22.7. The van der Waals surface area contributed by atoms with Gasteiger partial charge in [-0.3, -0.25) is 14.9 Å². The second-order valence-electron chi connectivity index (χ2n) is 4.17. The van der Waals surface area contributed by atoms with Gasteiger partial charge in [0, 0.05) is 13.0 Å². The number of nitrogens with one attached hydrogen (secondary N) is 1. The highest BCUT2D eigenvalue weighted by atomic mass is 16.5. The molecule has 14 heavy (non-hydrogen) atoms. The largest absolute Gasteiger partial charge is 0.380 e. The molecule has 2 aliphatic rings. The molecule has 0 aromatic heterocycles. The molecule has 2 fully saturated rings. The topological polar surface area (TPSA) is 55.4 Å². The normalized spacial score (nSPS) is 34.0. The van der Waals surface area contributed by atoms with Gasteiger partial charge in [0.1, 0.15) is 0 Å². The highest BCUT2D eigenvalue weighted by Crippen LogP contribution is 2.35. The lowest BCUT2D eigenvalue weighted by atomic mass is 9.77. The Hall–Kier alpha value is -0.900. The molecule has 1 atom stereocenters. The minimum Gasteiger partial charge on any atom is -0.380 e. The van der Waals surface area contributed by atoms with Crippen LogP contribution in [0.1, 0.15) is 32.1 Å². The maximum absolute atomic E-state index is 11.7. The summed E-state index contributed by atoms with van der Waals surface area (Å²) in [6.07, 6.45) is 3.99. The van der Waals surface area contributed by atoms with Crippen molar-refractivity contribution in [3.05, 3.63) is 0 Å². The Kier molecular flexibility index (Phi) is 2.54. The monoisotopic (exact) mass is 197 g/mol. The second-order valence-corrected chi connectivity index (χ2v) is 4.17. The van der Waals surface area contributed by atoms with Crippen LogP contribution in [0.15, 0.2) is 0 Å². The van der Waals surface area contributed by atoms with Crippen LogP contribution in [-0.4, -0.2) is 25.0 Å². The van der Waals surface area contributed by atoms with Gasteiger partial charge in [0.25, 0.3) is 0 Å². The minimum atomic E-state index is -0.412. The summed E-state index contributed by atoms with van der Waals surface area (Å²) in [7, 11) is 0. The fraction of sp³-hybridized carbons (Fsp3) is 0.800. The van der Waals surface area contributed by atoms with Gasteiger partial charge in [-0.1, -0.05) is 0 Å². The lowest BCUT2D eigenvalue weighted by molar-refractivity contribution is -0.145. The molecule has 4 nitrogen and oxygen atoms in total. The van der Waals surface area contributed by atoms with E-state index < -0.39 is 5.41 Å². The summed E-state index contributed by atoms with van der Waals surface area (Å²) < 4.78 is 5.42. The van der Waals surface area contributed by atoms with Gasteiger partial charge in [-0.05, 0) is 25.7 Å². The number of hydrogen-bond donors (Lipinski definition) is 1. The number of carbonyl (C=O) groups is 2. The molecule has 1 N–H and O–H groups in total. The predicted octanol–water partition coefficient (Wildman–Crippen LogP) is 0.610. The summed E-state index contributed by atoms with van der Waals surface area (Å²) in [6, 6.07) is 0. The Morgan fingerprint density at radius 3 is 2.86 bits per heavy atom. The number of carbonyl (C=O) groups excluding carboxylic acids is 2. The van der Waals surface area contributed by atoms with E-state index in [1.807, 2.05) is 0 Å². The molecule has 78 valence electrons. The Balaban J connectivity index is 2.12. The van der Waals surface area contributed by atoms with Gasteiger partial charge in [0.15, 0.2) is 0 Å². The van der Waals surface area contributed by atoms with Crippen molar-refractivity contribution in [3.8, 4) is 0 Å². The van der Waals surface area contributed by atoms with Crippen LogP contribution in [0.25, 0.3) is 0 Å². The zero-order valence-electron chi connectivity index (χ0n) is 8.17. The Morgan fingerprint density at radius 2 is 2.07 bits per heavy atom. The van der Waals surface area contributed by atoms with Gasteiger partial charge in [-0.15, -0.1) is 0 Å². The van der Waals surface area contributed by atoms with Crippen LogP contribution in [0.3, 0.4) is 0 Å². The molecule has 2 rings (SSSR count). The summed E-state index contributed by atoms with van der Waals surface area (Å²) in [6.45, 7) is 1.22. The van der Waals surface area contributed by atoms with E-state index in [-0.39, 0.29) is 11.8 Å². The Bertz CT molecular complexity index is 254. The van der Waals surface area contributed by atoms with Crippen LogP contribution in [0.2, 0.25) is 0 Å². The second kappa shape index (κ2) is 3.69. The quantitative estimate of drug-likeness (QED) is 0.579. The zero-order chi connectivity index (χ0) is 10.0. The predicted molar refractivity (Wildman–Crippen MR) is 49.5 cm³/mol. The van der Waals surface area contributed by atoms with Crippen molar-refractivity contribution in [2.45, 2.75) is 32.1 Å². The molecule has 0 radical (unpaired) electrons. The molecular weight excluding hydrogens is 182 g/mol. The van der Waals surface area contributed by atoms with Crippen molar-refractivity contribution in [3.63, 3.8) is 0 Å². The fourth-order valence-electron chi connectivity index (χ4n) is 2.17. The van der Waals surface area contributed by atoms with Crippen molar-refractivity contribution >= 4 is 11.8 Å². The van der Waals surface area contributed by atoms with Gasteiger partial charge in [0.2, 0.25) is 11.8 Å². The molecule has 2 heterocycles. The molecule has 0 bridgehead atoms. The lowest BCUT2D eigenvalue weighted by Crippen LogP contribution is -2.50. The van der Waals surface area contributed by atoms with Crippen LogP contribution in [0.5, 0.6) is 0 Å². The minimum absolute atomic E-state index is 0.129. The van der Waals surface area contributed by atoms with Crippen LogP contribution in [-0.2, 0) is 14.3 Å². The average Bonchev–Trinajstić information content (AvgIpc) is 2.39. The number of hydrogen-bond acceptors (Lipinski definition) is 3. The van der Waals surface area contributed by atoms with Crippen molar-refractivity contribution in [2.24, 2.45) is 5.41 Å². The summed E-state index contributed by atoms with van der Waals surface area (Å²) in [5.74, 6) is -0.277. The maximum Gasteiger partial charge on any atom is 0.235 e. The Morgan fingerprint density at radius 1 is 1.21 bits per heavy atom. The van der Waals surface area contributed by atoms with Gasteiger partial charge in [-0.2, -0.15) is 0 Å². The number of piperidine rings is 1. The van der Waals surface area contributed by atoms with Crippen molar-refractivity contribution in [1.82, 2.24) is 5.32 Å². The molecule has 0 aromatic carbocycles. The van der Waals surface area contributed by atoms with Crippen LogP contribution >= 0.6 is 0 Å². The van der Waals surface area contributed by atoms with E-state index in [9.17, 15) is 9.59 Å². The molecule has 0 aromatic rings. The number of imide groups is 1. The number of rotatable bonds is 0. The van der Waals surface area contributed by atoms with Crippen LogP contribution in [0, 0.1) is 5.41 Å². The molecule has 1 spiro atoms. The van der Waals surface area contributed by atoms with Crippen molar-refractivity contribution in [2.75, 3.05) is 13.2 Å². The van der Waals surface area contributed by atoms with E-state index in [1.54, 1.807) is 0 Å². The summed E-state index contributed by atoms with van der Waals surface area (Å²) in [5, 5.41) is 2.41. The first kappa shape index (κ1) is 9.65. The first-order chi connectivity index (χ1) is 6.73.